The van der Waals surface area contributed by atoms with Gasteiger partial charge in [-0.2, -0.15) is 0 Å². The minimum absolute atomic E-state index is 0.135. The molecule has 0 spiro atoms. The Balaban J connectivity index is 1.78. The predicted octanol–water partition coefficient (Wildman–Crippen LogP) is 2.33. The highest BCUT2D eigenvalue weighted by atomic mass is 19.1. The van der Waals surface area contributed by atoms with Gasteiger partial charge in [0.2, 0.25) is 0 Å². The molecule has 19 heavy (non-hydrogen) atoms. The zero-order valence-corrected chi connectivity index (χ0v) is 11.5. The van der Waals surface area contributed by atoms with Crippen molar-refractivity contribution in [2.24, 2.45) is 10.9 Å². The van der Waals surface area contributed by atoms with Gasteiger partial charge in [0.1, 0.15) is 5.82 Å². The summed E-state index contributed by atoms with van der Waals surface area (Å²) in [5.41, 5.74) is 0.744. The van der Waals surface area contributed by atoms with Crippen molar-refractivity contribution < 1.29 is 4.39 Å². The number of guanidine groups is 1. The fourth-order valence-corrected chi connectivity index (χ4v) is 1.88. The van der Waals surface area contributed by atoms with E-state index >= 15 is 0 Å². The van der Waals surface area contributed by atoms with Crippen LogP contribution in [0.1, 0.15) is 25.3 Å². The summed E-state index contributed by atoms with van der Waals surface area (Å²) < 4.78 is 13.5. The number of nitrogens with zero attached hydrogens (tertiary/aromatic N) is 1. The van der Waals surface area contributed by atoms with Gasteiger partial charge in [-0.25, -0.2) is 4.39 Å². The molecule has 0 amide bonds. The van der Waals surface area contributed by atoms with E-state index in [-0.39, 0.29) is 5.82 Å². The fourth-order valence-electron chi connectivity index (χ4n) is 1.88. The Morgan fingerprint density at radius 2 is 2.11 bits per heavy atom. The molecular weight excluding hydrogens is 241 g/mol. The molecule has 0 aliphatic heterocycles. The van der Waals surface area contributed by atoms with Crippen molar-refractivity contribution >= 4 is 5.96 Å². The average molecular weight is 263 g/mol. The summed E-state index contributed by atoms with van der Waals surface area (Å²) in [6, 6.07) is 6.91. The third kappa shape index (κ3) is 4.89. The Labute approximate surface area is 114 Å². The Hall–Kier alpha value is -1.58. The van der Waals surface area contributed by atoms with Crippen LogP contribution in [-0.4, -0.2) is 25.6 Å². The van der Waals surface area contributed by atoms with E-state index in [2.05, 4.69) is 15.6 Å². The first-order valence-electron chi connectivity index (χ1n) is 7.05. The Morgan fingerprint density at radius 3 is 2.79 bits per heavy atom. The minimum atomic E-state index is -0.135. The Kier molecular flexibility index (Phi) is 5.19. The van der Waals surface area contributed by atoms with Gasteiger partial charge in [0.05, 0.1) is 0 Å². The number of halogens is 1. The van der Waals surface area contributed by atoms with Gasteiger partial charge in [-0.05, 0) is 43.7 Å². The maximum atomic E-state index is 13.5. The van der Waals surface area contributed by atoms with Gasteiger partial charge in [0.25, 0.3) is 0 Å². The molecule has 104 valence electrons. The van der Waals surface area contributed by atoms with Crippen LogP contribution in [0.15, 0.2) is 29.3 Å². The van der Waals surface area contributed by atoms with Crippen molar-refractivity contribution in [1.29, 1.82) is 0 Å². The standard InChI is InChI=1S/C15H22FN3/c1-2-17-15(19-11-12-7-8-12)18-10-9-13-5-3-4-6-14(13)16/h3-6,12H,2,7-11H2,1H3,(H2,17,18,19). The van der Waals surface area contributed by atoms with Crippen LogP contribution in [0, 0.1) is 11.7 Å². The molecule has 0 unspecified atom stereocenters. The molecule has 3 nitrogen and oxygen atoms in total. The normalized spacial score (nSPS) is 15.4. The molecule has 1 saturated carbocycles. The molecular formula is C15H22FN3. The van der Waals surface area contributed by atoms with E-state index in [1.165, 1.54) is 18.9 Å². The maximum Gasteiger partial charge on any atom is 0.191 e. The van der Waals surface area contributed by atoms with Gasteiger partial charge in [0.15, 0.2) is 5.96 Å². The van der Waals surface area contributed by atoms with Crippen molar-refractivity contribution in [3.05, 3.63) is 35.6 Å². The van der Waals surface area contributed by atoms with Gasteiger partial charge >= 0.3 is 0 Å². The highest BCUT2D eigenvalue weighted by Gasteiger charge is 2.20. The van der Waals surface area contributed by atoms with E-state index in [1.54, 1.807) is 6.07 Å². The molecule has 1 aromatic rings. The first kappa shape index (κ1) is 13.8. The molecule has 0 saturated heterocycles. The van der Waals surface area contributed by atoms with Gasteiger partial charge in [0, 0.05) is 19.6 Å². The first-order chi connectivity index (χ1) is 9.29. The number of rotatable bonds is 6. The average Bonchev–Trinajstić information content (AvgIpc) is 3.22. The van der Waals surface area contributed by atoms with Crippen molar-refractivity contribution in [2.45, 2.75) is 26.2 Å². The largest absolute Gasteiger partial charge is 0.357 e. The molecule has 0 radical (unpaired) electrons. The van der Waals surface area contributed by atoms with Crippen LogP contribution in [0.5, 0.6) is 0 Å². The Bertz CT molecular complexity index is 427. The lowest BCUT2D eigenvalue weighted by Gasteiger charge is -2.11. The quantitative estimate of drug-likeness (QED) is 0.610. The van der Waals surface area contributed by atoms with E-state index in [1.807, 2.05) is 19.1 Å². The first-order valence-corrected chi connectivity index (χ1v) is 7.05. The van der Waals surface area contributed by atoms with Gasteiger partial charge < -0.3 is 10.6 Å². The van der Waals surface area contributed by atoms with Crippen molar-refractivity contribution in [3.8, 4) is 0 Å². The van der Waals surface area contributed by atoms with Gasteiger partial charge in [-0.3, -0.25) is 4.99 Å². The van der Waals surface area contributed by atoms with Crippen LogP contribution >= 0.6 is 0 Å². The zero-order valence-electron chi connectivity index (χ0n) is 11.5. The topological polar surface area (TPSA) is 36.4 Å². The van der Waals surface area contributed by atoms with Crippen LogP contribution in [0.25, 0.3) is 0 Å². The van der Waals surface area contributed by atoms with Crippen LogP contribution in [0.4, 0.5) is 4.39 Å². The smallest absolute Gasteiger partial charge is 0.191 e. The summed E-state index contributed by atoms with van der Waals surface area (Å²) in [6.45, 7) is 4.48. The van der Waals surface area contributed by atoms with Crippen molar-refractivity contribution in [3.63, 3.8) is 0 Å². The number of benzene rings is 1. The lowest BCUT2D eigenvalue weighted by molar-refractivity contribution is 0.606. The number of aliphatic imine (C=N–C) groups is 1. The second kappa shape index (κ2) is 7.12. The lowest BCUT2D eigenvalue weighted by Crippen LogP contribution is -2.38. The molecule has 2 N–H and O–H groups in total. The van der Waals surface area contributed by atoms with Crippen LogP contribution < -0.4 is 10.6 Å². The third-order valence-corrected chi connectivity index (χ3v) is 3.19. The number of nitrogens with one attached hydrogen (secondary N) is 2. The predicted molar refractivity (Wildman–Crippen MR) is 76.8 cm³/mol. The second-order valence-electron chi connectivity index (χ2n) is 4.93. The molecule has 0 bridgehead atoms. The van der Waals surface area contributed by atoms with Gasteiger partial charge in [-0.15, -0.1) is 0 Å². The summed E-state index contributed by atoms with van der Waals surface area (Å²) in [4.78, 5) is 4.53. The zero-order chi connectivity index (χ0) is 13.5. The fraction of sp³-hybridized carbons (Fsp3) is 0.533. The van der Waals surface area contributed by atoms with E-state index in [0.29, 0.717) is 13.0 Å². The number of hydrogen-bond acceptors (Lipinski definition) is 1. The SMILES string of the molecule is CCNC(=NCC1CC1)NCCc1ccccc1F. The van der Waals surface area contributed by atoms with Crippen molar-refractivity contribution in [1.82, 2.24) is 10.6 Å². The van der Waals surface area contributed by atoms with Crippen LogP contribution in [0.3, 0.4) is 0 Å². The maximum absolute atomic E-state index is 13.5. The molecule has 0 aromatic heterocycles. The molecule has 1 aliphatic carbocycles. The lowest BCUT2D eigenvalue weighted by atomic mass is 10.1. The summed E-state index contributed by atoms with van der Waals surface area (Å²) in [5.74, 6) is 1.48. The second-order valence-corrected chi connectivity index (χ2v) is 4.93. The van der Waals surface area contributed by atoms with Gasteiger partial charge in [-0.1, -0.05) is 18.2 Å². The van der Waals surface area contributed by atoms with E-state index in [9.17, 15) is 4.39 Å². The van der Waals surface area contributed by atoms with Crippen LogP contribution in [-0.2, 0) is 6.42 Å². The minimum Gasteiger partial charge on any atom is -0.357 e. The van der Waals surface area contributed by atoms with E-state index in [0.717, 1.165) is 30.5 Å². The molecule has 0 atom stereocenters. The third-order valence-electron chi connectivity index (χ3n) is 3.19. The van der Waals surface area contributed by atoms with Crippen molar-refractivity contribution in [2.75, 3.05) is 19.6 Å². The molecule has 1 aliphatic rings. The summed E-state index contributed by atoms with van der Waals surface area (Å²) in [5, 5.41) is 6.46. The Morgan fingerprint density at radius 1 is 1.32 bits per heavy atom. The molecule has 2 rings (SSSR count). The van der Waals surface area contributed by atoms with E-state index in [4.69, 9.17) is 0 Å². The molecule has 1 aromatic carbocycles. The highest BCUT2D eigenvalue weighted by molar-refractivity contribution is 5.79. The molecule has 1 fully saturated rings. The molecule has 0 heterocycles. The summed E-state index contributed by atoms with van der Waals surface area (Å²) in [7, 11) is 0. The summed E-state index contributed by atoms with van der Waals surface area (Å²) >= 11 is 0. The monoisotopic (exact) mass is 263 g/mol. The summed E-state index contributed by atoms with van der Waals surface area (Å²) in [6.07, 6.45) is 3.27. The molecule has 4 heteroatoms. The number of hydrogen-bond donors (Lipinski definition) is 2. The highest BCUT2D eigenvalue weighted by Crippen LogP contribution is 2.28. The van der Waals surface area contributed by atoms with Crippen LogP contribution in [0.2, 0.25) is 0 Å². The van der Waals surface area contributed by atoms with E-state index < -0.39 is 0 Å².